The van der Waals surface area contributed by atoms with Crippen LogP contribution in [0.5, 0.6) is 0 Å². The third-order valence-corrected chi connectivity index (χ3v) is 1.93. The Labute approximate surface area is 70.5 Å². The highest BCUT2D eigenvalue weighted by Crippen LogP contribution is 2.19. The number of nitrogens with zero attached hydrogens (tertiary/aromatic N) is 1. The molecule has 1 atom stereocenters. The maximum Gasteiger partial charge on any atom is 0.259 e. The molecule has 1 fully saturated rings. The molecule has 0 N–H and O–H groups in total. The summed E-state index contributed by atoms with van der Waals surface area (Å²) < 4.78 is 25.7. The number of rotatable bonds is 1. The molecule has 2 nitrogen and oxygen atoms in total. The van der Waals surface area contributed by atoms with Gasteiger partial charge in [-0.15, -0.1) is 0 Å². The summed E-state index contributed by atoms with van der Waals surface area (Å²) in [5, 5.41) is 0. The van der Waals surface area contributed by atoms with Crippen LogP contribution < -0.4 is 0 Å². The average Bonchev–Trinajstić information content (AvgIpc) is 2.32. The second-order valence-electron chi connectivity index (χ2n) is 3.61. The largest absolute Gasteiger partial charge is 0.337 e. The highest BCUT2D eigenvalue weighted by atomic mass is 19.1. The molecule has 1 heterocycles. The lowest BCUT2D eigenvalue weighted by Crippen LogP contribution is -2.41. The van der Waals surface area contributed by atoms with Crippen molar-refractivity contribution < 1.29 is 13.6 Å². The summed E-state index contributed by atoms with van der Waals surface area (Å²) in [6.45, 7) is 2.78. The Morgan fingerprint density at radius 1 is 1.58 bits per heavy atom. The maximum atomic E-state index is 13.0. The van der Waals surface area contributed by atoms with Crippen LogP contribution >= 0.6 is 0 Å². The maximum absolute atomic E-state index is 13.0. The van der Waals surface area contributed by atoms with Crippen LogP contribution in [0.4, 0.5) is 8.78 Å². The summed E-state index contributed by atoms with van der Waals surface area (Å²) in [5.41, 5.74) is -1.87. The molecule has 0 radical (unpaired) electrons. The molecular weight excluding hydrogens is 164 g/mol. The Kier molecular flexibility index (Phi) is 2.35. The van der Waals surface area contributed by atoms with E-state index in [4.69, 9.17) is 0 Å². The van der Waals surface area contributed by atoms with Gasteiger partial charge in [0.05, 0.1) is 6.54 Å². The normalized spacial score (nSPS) is 24.7. The first kappa shape index (κ1) is 9.42. The minimum Gasteiger partial charge on any atom is -0.337 e. The number of amides is 1. The minimum absolute atomic E-state index is 0.0478. The van der Waals surface area contributed by atoms with Crippen molar-refractivity contribution in [1.82, 2.24) is 4.90 Å². The lowest BCUT2D eigenvalue weighted by atomic mass is 10.1. The van der Waals surface area contributed by atoms with Gasteiger partial charge in [-0.3, -0.25) is 4.79 Å². The molecule has 0 spiro atoms. The van der Waals surface area contributed by atoms with Crippen molar-refractivity contribution >= 4 is 5.91 Å². The first-order valence-electron chi connectivity index (χ1n) is 4.03. The van der Waals surface area contributed by atoms with Crippen molar-refractivity contribution in [3.8, 4) is 0 Å². The zero-order valence-corrected chi connectivity index (χ0v) is 7.31. The van der Waals surface area contributed by atoms with Gasteiger partial charge in [0.2, 0.25) is 0 Å². The molecule has 0 unspecified atom stereocenters. The zero-order chi connectivity index (χ0) is 9.35. The van der Waals surface area contributed by atoms with E-state index in [9.17, 15) is 13.6 Å². The second kappa shape index (κ2) is 2.99. The summed E-state index contributed by atoms with van der Waals surface area (Å²) in [6, 6.07) is 0. The summed E-state index contributed by atoms with van der Waals surface area (Å²) in [5.74, 6) is -0.609. The van der Waals surface area contributed by atoms with Gasteiger partial charge in [-0.2, -0.15) is 0 Å². The van der Waals surface area contributed by atoms with Crippen LogP contribution in [0.25, 0.3) is 0 Å². The Bertz CT molecular complexity index is 188. The van der Waals surface area contributed by atoms with E-state index in [1.807, 2.05) is 0 Å². The fourth-order valence-corrected chi connectivity index (χ4v) is 1.28. The number of carbonyl (C=O) groups is 1. The van der Waals surface area contributed by atoms with E-state index < -0.39 is 17.7 Å². The molecule has 0 aliphatic carbocycles. The van der Waals surface area contributed by atoms with Gasteiger partial charge in [-0.25, -0.2) is 8.78 Å². The van der Waals surface area contributed by atoms with Gasteiger partial charge in [-0.1, -0.05) is 0 Å². The summed E-state index contributed by atoms with van der Waals surface area (Å²) >= 11 is 0. The number of hydrogen-bond donors (Lipinski definition) is 0. The van der Waals surface area contributed by atoms with E-state index in [-0.39, 0.29) is 6.54 Å². The van der Waals surface area contributed by atoms with Crippen molar-refractivity contribution in [3.63, 3.8) is 0 Å². The van der Waals surface area contributed by atoms with Crippen molar-refractivity contribution in [1.29, 1.82) is 0 Å². The molecule has 1 amide bonds. The average molecular weight is 177 g/mol. The van der Waals surface area contributed by atoms with E-state index in [1.54, 1.807) is 0 Å². The molecule has 1 rings (SSSR count). The lowest BCUT2D eigenvalue weighted by Gasteiger charge is -2.21. The SMILES string of the molecule is CC(C)(F)C(=O)N1CC[C@H](F)C1. The van der Waals surface area contributed by atoms with E-state index in [1.165, 1.54) is 18.7 Å². The minimum atomic E-state index is -1.87. The fraction of sp³-hybridized carbons (Fsp3) is 0.875. The quantitative estimate of drug-likeness (QED) is 0.591. The van der Waals surface area contributed by atoms with Crippen LogP contribution in [0.2, 0.25) is 0 Å². The van der Waals surface area contributed by atoms with Crippen LogP contribution in [0.15, 0.2) is 0 Å². The first-order chi connectivity index (χ1) is 5.41. The van der Waals surface area contributed by atoms with E-state index in [0.717, 1.165) is 0 Å². The van der Waals surface area contributed by atoms with Gasteiger partial charge in [-0.05, 0) is 20.3 Å². The Hall–Kier alpha value is -0.670. The molecular formula is C8H13F2NO. The standard InChI is InChI=1S/C8H13F2NO/c1-8(2,10)7(12)11-4-3-6(9)5-11/h6H,3-5H2,1-2H3/t6-/m0/s1. The predicted octanol–water partition coefficient (Wildman–Crippen LogP) is 1.30. The van der Waals surface area contributed by atoms with Gasteiger partial charge >= 0.3 is 0 Å². The lowest BCUT2D eigenvalue weighted by molar-refractivity contribution is -0.140. The molecule has 12 heavy (non-hydrogen) atoms. The summed E-state index contributed by atoms with van der Waals surface area (Å²) in [7, 11) is 0. The molecule has 0 aromatic rings. The molecule has 0 aromatic carbocycles. The Morgan fingerprint density at radius 3 is 2.50 bits per heavy atom. The van der Waals surface area contributed by atoms with E-state index >= 15 is 0 Å². The Morgan fingerprint density at radius 2 is 2.17 bits per heavy atom. The van der Waals surface area contributed by atoms with Gasteiger partial charge < -0.3 is 4.90 Å². The Balaban J connectivity index is 2.55. The molecule has 0 aromatic heterocycles. The molecule has 0 bridgehead atoms. The molecule has 70 valence electrons. The van der Waals surface area contributed by atoms with Gasteiger partial charge in [0.15, 0.2) is 5.67 Å². The highest BCUT2D eigenvalue weighted by Gasteiger charge is 2.35. The molecule has 1 aliphatic heterocycles. The van der Waals surface area contributed by atoms with Crippen molar-refractivity contribution in [2.24, 2.45) is 0 Å². The van der Waals surface area contributed by atoms with Crippen LogP contribution in [-0.4, -0.2) is 35.7 Å². The zero-order valence-electron chi connectivity index (χ0n) is 7.31. The summed E-state index contributed by atoms with van der Waals surface area (Å²) in [6.07, 6.45) is -0.641. The number of likely N-dealkylation sites (tertiary alicyclic amines) is 1. The third kappa shape index (κ3) is 1.93. The van der Waals surface area contributed by atoms with Crippen LogP contribution in [0.3, 0.4) is 0 Å². The number of halogens is 2. The smallest absolute Gasteiger partial charge is 0.259 e. The molecule has 0 saturated carbocycles. The van der Waals surface area contributed by atoms with E-state index in [0.29, 0.717) is 13.0 Å². The van der Waals surface area contributed by atoms with Gasteiger partial charge in [0.25, 0.3) is 5.91 Å². The topological polar surface area (TPSA) is 20.3 Å². The highest BCUT2D eigenvalue weighted by molar-refractivity contribution is 5.84. The van der Waals surface area contributed by atoms with Crippen molar-refractivity contribution in [3.05, 3.63) is 0 Å². The van der Waals surface area contributed by atoms with Crippen LogP contribution in [-0.2, 0) is 4.79 Å². The number of carbonyl (C=O) groups excluding carboxylic acids is 1. The fourth-order valence-electron chi connectivity index (χ4n) is 1.28. The number of alkyl halides is 2. The number of hydrogen-bond acceptors (Lipinski definition) is 1. The molecule has 1 saturated heterocycles. The van der Waals surface area contributed by atoms with Crippen molar-refractivity contribution in [2.45, 2.75) is 32.1 Å². The predicted molar refractivity (Wildman–Crippen MR) is 41.3 cm³/mol. The van der Waals surface area contributed by atoms with E-state index in [2.05, 4.69) is 0 Å². The van der Waals surface area contributed by atoms with Gasteiger partial charge in [0.1, 0.15) is 6.17 Å². The first-order valence-corrected chi connectivity index (χ1v) is 4.03. The second-order valence-corrected chi connectivity index (χ2v) is 3.61. The summed E-state index contributed by atoms with van der Waals surface area (Å²) in [4.78, 5) is 12.4. The molecule has 1 aliphatic rings. The van der Waals surface area contributed by atoms with Crippen molar-refractivity contribution in [2.75, 3.05) is 13.1 Å². The third-order valence-electron chi connectivity index (χ3n) is 1.93. The van der Waals surface area contributed by atoms with Crippen LogP contribution in [0.1, 0.15) is 20.3 Å². The monoisotopic (exact) mass is 177 g/mol. The van der Waals surface area contributed by atoms with Gasteiger partial charge in [0, 0.05) is 6.54 Å². The van der Waals surface area contributed by atoms with Crippen LogP contribution in [0, 0.1) is 0 Å². The molecule has 4 heteroatoms.